The molecule has 3 saturated heterocycles. The van der Waals surface area contributed by atoms with Gasteiger partial charge >= 0.3 is 12.0 Å². The molecule has 0 aromatic rings. The van der Waals surface area contributed by atoms with Crippen LogP contribution in [0.2, 0.25) is 0 Å². The first kappa shape index (κ1) is 14.6. The summed E-state index contributed by atoms with van der Waals surface area (Å²) in [4.78, 5) is 27.7. The monoisotopic (exact) mass is 296 g/mol. The minimum absolute atomic E-state index is 0.127. The molecule has 118 valence electrons. The maximum Gasteiger partial charge on any atom is 0.320 e. The maximum absolute atomic E-state index is 12.8. The van der Waals surface area contributed by atoms with Crippen LogP contribution in [0.3, 0.4) is 0 Å². The van der Waals surface area contributed by atoms with Gasteiger partial charge in [-0.1, -0.05) is 0 Å². The summed E-state index contributed by atoms with van der Waals surface area (Å²) in [7, 11) is 0. The van der Waals surface area contributed by atoms with Crippen molar-refractivity contribution in [3.8, 4) is 0 Å². The molecule has 0 radical (unpaired) electrons. The molecule has 6 heteroatoms. The Morgan fingerprint density at radius 3 is 2.48 bits per heavy atom. The van der Waals surface area contributed by atoms with Gasteiger partial charge in [0.25, 0.3) is 0 Å². The summed E-state index contributed by atoms with van der Waals surface area (Å²) in [5.41, 5.74) is 0. The van der Waals surface area contributed by atoms with Gasteiger partial charge in [-0.15, -0.1) is 0 Å². The summed E-state index contributed by atoms with van der Waals surface area (Å²) in [6.45, 7) is 3.90. The standard InChI is InChI=1S/C15H24N2O4/c1-10-9-21-5-4-16(10)15(20)17-12-2-3-13(17)7-11(6-12)8-14(18)19/h10-13H,2-9H2,1H3,(H,18,19). The SMILES string of the molecule is CC1COCCN1C(=O)N1C2CCC1CC(CC(=O)O)C2. The molecule has 2 amide bonds. The van der Waals surface area contributed by atoms with Crippen molar-refractivity contribution in [2.45, 2.75) is 57.2 Å². The highest BCUT2D eigenvalue weighted by Gasteiger charge is 2.45. The van der Waals surface area contributed by atoms with E-state index in [4.69, 9.17) is 9.84 Å². The third-order valence-corrected chi connectivity index (χ3v) is 5.13. The number of morpholine rings is 1. The van der Waals surface area contributed by atoms with Gasteiger partial charge in [0.15, 0.2) is 0 Å². The number of hydrogen-bond acceptors (Lipinski definition) is 3. The van der Waals surface area contributed by atoms with E-state index in [-0.39, 0.29) is 36.5 Å². The predicted octanol–water partition coefficient (Wildman–Crippen LogP) is 1.54. The quantitative estimate of drug-likeness (QED) is 0.839. The van der Waals surface area contributed by atoms with Gasteiger partial charge in [-0.05, 0) is 38.5 Å². The summed E-state index contributed by atoms with van der Waals surface area (Å²) >= 11 is 0. The molecule has 0 saturated carbocycles. The van der Waals surface area contributed by atoms with E-state index in [1.165, 1.54) is 0 Å². The Hall–Kier alpha value is -1.30. The van der Waals surface area contributed by atoms with Crippen LogP contribution in [0.15, 0.2) is 0 Å². The molecule has 0 aromatic carbocycles. The second-order valence-electron chi connectivity index (χ2n) is 6.63. The summed E-state index contributed by atoms with van der Waals surface area (Å²) in [6.07, 6.45) is 3.96. The smallest absolute Gasteiger partial charge is 0.320 e. The molecule has 3 aliphatic heterocycles. The molecule has 3 heterocycles. The summed E-state index contributed by atoms with van der Waals surface area (Å²) in [5, 5.41) is 8.97. The fourth-order valence-electron chi connectivity index (χ4n) is 4.18. The van der Waals surface area contributed by atoms with Gasteiger partial charge < -0.3 is 19.6 Å². The van der Waals surface area contributed by atoms with Gasteiger partial charge in [0.1, 0.15) is 0 Å². The molecule has 3 rings (SSSR count). The Balaban J connectivity index is 1.67. The van der Waals surface area contributed by atoms with Crippen molar-refractivity contribution < 1.29 is 19.4 Å². The predicted molar refractivity (Wildman–Crippen MR) is 76.0 cm³/mol. The lowest BCUT2D eigenvalue weighted by Gasteiger charge is -2.43. The highest BCUT2D eigenvalue weighted by Crippen LogP contribution is 2.40. The summed E-state index contributed by atoms with van der Waals surface area (Å²) in [5.74, 6) is -0.493. The van der Waals surface area contributed by atoms with Crippen molar-refractivity contribution >= 4 is 12.0 Å². The first-order valence-electron chi connectivity index (χ1n) is 7.94. The van der Waals surface area contributed by atoms with Crippen molar-refractivity contribution in [3.05, 3.63) is 0 Å². The number of fused-ring (bicyclic) bond motifs is 2. The van der Waals surface area contributed by atoms with Gasteiger partial charge in [0.05, 0.1) is 19.3 Å². The highest BCUT2D eigenvalue weighted by atomic mass is 16.5. The minimum Gasteiger partial charge on any atom is -0.481 e. The van der Waals surface area contributed by atoms with Crippen LogP contribution in [0.4, 0.5) is 4.79 Å². The van der Waals surface area contributed by atoms with Crippen LogP contribution in [-0.2, 0) is 9.53 Å². The third kappa shape index (κ3) is 2.86. The molecule has 0 aromatic heterocycles. The number of urea groups is 1. The molecule has 2 bridgehead atoms. The van der Waals surface area contributed by atoms with E-state index in [9.17, 15) is 9.59 Å². The molecule has 3 atom stereocenters. The third-order valence-electron chi connectivity index (χ3n) is 5.13. The molecule has 3 aliphatic rings. The fraction of sp³-hybridized carbons (Fsp3) is 0.867. The molecular weight excluding hydrogens is 272 g/mol. The van der Waals surface area contributed by atoms with Crippen molar-refractivity contribution in [3.63, 3.8) is 0 Å². The summed E-state index contributed by atoms with van der Waals surface area (Å²) in [6, 6.07) is 0.723. The molecule has 3 unspecified atom stereocenters. The first-order valence-corrected chi connectivity index (χ1v) is 7.94. The number of ether oxygens (including phenoxy) is 1. The number of hydrogen-bond donors (Lipinski definition) is 1. The molecule has 0 aliphatic carbocycles. The Bertz CT molecular complexity index is 414. The van der Waals surface area contributed by atoms with E-state index >= 15 is 0 Å². The number of carboxylic acids is 1. The van der Waals surface area contributed by atoms with E-state index in [1.54, 1.807) is 0 Å². The maximum atomic E-state index is 12.8. The zero-order valence-corrected chi connectivity index (χ0v) is 12.5. The van der Waals surface area contributed by atoms with Crippen LogP contribution in [0, 0.1) is 5.92 Å². The average Bonchev–Trinajstić information content (AvgIpc) is 2.69. The molecular formula is C15H24N2O4. The number of nitrogens with zero attached hydrogens (tertiary/aromatic N) is 2. The van der Waals surface area contributed by atoms with Crippen LogP contribution in [-0.4, -0.2) is 64.8 Å². The molecule has 3 fully saturated rings. The average molecular weight is 296 g/mol. The fourth-order valence-corrected chi connectivity index (χ4v) is 4.18. The van der Waals surface area contributed by atoms with Crippen LogP contribution < -0.4 is 0 Å². The van der Waals surface area contributed by atoms with Crippen LogP contribution in [0.25, 0.3) is 0 Å². The second-order valence-corrected chi connectivity index (χ2v) is 6.63. The van der Waals surface area contributed by atoms with Gasteiger partial charge in [0, 0.05) is 25.0 Å². The van der Waals surface area contributed by atoms with E-state index < -0.39 is 5.97 Å². The second kappa shape index (κ2) is 5.83. The number of piperidine rings is 1. The molecule has 0 spiro atoms. The van der Waals surface area contributed by atoms with Gasteiger partial charge in [-0.25, -0.2) is 4.79 Å². The number of carbonyl (C=O) groups is 2. The van der Waals surface area contributed by atoms with Crippen molar-refractivity contribution in [2.75, 3.05) is 19.8 Å². The van der Waals surface area contributed by atoms with E-state index in [0.29, 0.717) is 19.8 Å². The number of rotatable bonds is 2. The van der Waals surface area contributed by atoms with Crippen LogP contribution in [0.1, 0.15) is 39.0 Å². The molecule has 21 heavy (non-hydrogen) atoms. The van der Waals surface area contributed by atoms with Crippen molar-refractivity contribution in [1.29, 1.82) is 0 Å². The zero-order chi connectivity index (χ0) is 15.0. The largest absolute Gasteiger partial charge is 0.481 e. The summed E-state index contributed by atoms with van der Waals surface area (Å²) < 4.78 is 5.40. The van der Waals surface area contributed by atoms with Crippen LogP contribution in [0.5, 0.6) is 0 Å². The highest BCUT2D eigenvalue weighted by molar-refractivity contribution is 5.76. The van der Waals surface area contributed by atoms with Gasteiger partial charge in [-0.3, -0.25) is 4.79 Å². The van der Waals surface area contributed by atoms with Crippen LogP contribution >= 0.6 is 0 Å². The van der Waals surface area contributed by atoms with Gasteiger partial charge in [0.2, 0.25) is 0 Å². The Morgan fingerprint density at radius 1 is 1.24 bits per heavy atom. The van der Waals surface area contributed by atoms with E-state index in [0.717, 1.165) is 25.7 Å². The number of carboxylic acid groups (broad SMARTS) is 1. The van der Waals surface area contributed by atoms with E-state index in [1.807, 2.05) is 16.7 Å². The molecule has 6 nitrogen and oxygen atoms in total. The minimum atomic E-state index is -0.721. The number of aliphatic carboxylic acids is 1. The zero-order valence-electron chi connectivity index (χ0n) is 12.5. The van der Waals surface area contributed by atoms with E-state index in [2.05, 4.69) is 0 Å². The first-order chi connectivity index (χ1) is 10.1. The normalized spacial score (nSPS) is 35.9. The van der Waals surface area contributed by atoms with Gasteiger partial charge in [-0.2, -0.15) is 0 Å². The lowest BCUT2D eigenvalue weighted by Crippen LogP contribution is -2.57. The Morgan fingerprint density at radius 2 is 1.90 bits per heavy atom. The van der Waals surface area contributed by atoms with Crippen molar-refractivity contribution in [2.24, 2.45) is 5.92 Å². The lowest BCUT2D eigenvalue weighted by molar-refractivity contribution is -0.138. The number of amides is 2. The molecule has 1 N–H and O–H groups in total. The Labute approximate surface area is 125 Å². The van der Waals surface area contributed by atoms with Crippen molar-refractivity contribution in [1.82, 2.24) is 9.80 Å². The Kier molecular flexibility index (Phi) is 4.06. The lowest BCUT2D eigenvalue weighted by atomic mass is 9.88. The topological polar surface area (TPSA) is 70.1 Å². The number of carbonyl (C=O) groups excluding carboxylic acids is 1.